The summed E-state index contributed by atoms with van der Waals surface area (Å²) in [7, 11) is 4.44. The second-order valence-corrected chi connectivity index (χ2v) is 5.96. The molecule has 0 radical (unpaired) electrons. The van der Waals surface area contributed by atoms with E-state index in [1.54, 1.807) is 24.3 Å². The maximum Gasteiger partial charge on any atom is 0.244 e. The molecule has 0 aliphatic heterocycles. The molecule has 0 aliphatic rings. The Balaban J connectivity index is 2.12. The Morgan fingerprint density at radius 1 is 1.00 bits per heavy atom. The lowest BCUT2D eigenvalue weighted by Crippen LogP contribution is -2.36. The molecule has 0 aromatic heterocycles. The summed E-state index contributed by atoms with van der Waals surface area (Å²) < 4.78 is 28.8. The quantitative estimate of drug-likeness (QED) is 0.750. The number of halogens is 1. The molecule has 0 saturated carbocycles. The third-order valence-corrected chi connectivity index (χ3v) is 4.01. The summed E-state index contributed by atoms with van der Waals surface area (Å²) in [6.07, 6.45) is 0. The fourth-order valence-electron chi connectivity index (χ4n) is 2.62. The van der Waals surface area contributed by atoms with E-state index >= 15 is 0 Å². The highest BCUT2D eigenvalue weighted by molar-refractivity contribution is 5.94. The van der Waals surface area contributed by atoms with Crippen molar-refractivity contribution in [3.8, 4) is 17.2 Å². The number of nitrogens with one attached hydrogen (secondary N) is 1. The number of carbonyl (C=O) groups excluding carboxylic acids is 2. The van der Waals surface area contributed by atoms with E-state index in [1.807, 2.05) is 0 Å². The maximum atomic E-state index is 13.0. The molecule has 0 aliphatic carbocycles. The highest BCUT2D eigenvalue weighted by Crippen LogP contribution is 2.39. The zero-order valence-corrected chi connectivity index (χ0v) is 16.2. The number of nitrogens with zero attached hydrogens (tertiary/aromatic N) is 1. The number of hydrogen-bond donors (Lipinski definition) is 1. The molecule has 2 aromatic carbocycles. The molecule has 2 aromatic rings. The van der Waals surface area contributed by atoms with Crippen molar-refractivity contribution in [1.29, 1.82) is 0 Å². The molecule has 2 amide bonds. The summed E-state index contributed by atoms with van der Waals surface area (Å²) in [5.74, 6) is 0.165. The van der Waals surface area contributed by atoms with Crippen LogP contribution in [0.1, 0.15) is 12.5 Å². The second-order valence-electron chi connectivity index (χ2n) is 5.96. The van der Waals surface area contributed by atoms with E-state index < -0.39 is 5.91 Å². The first-order valence-corrected chi connectivity index (χ1v) is 8.47. The zero-order valence-electron chi connectivity index (χ0n) is 16.2. The van der Waals surface area contributed by atoms with Gasteiger partial charge >= 0.3 is 0 Å². The molecule has 7 nitrogen and oxygen atoms in total. The van der Waals surface area contributed by atoms with E-state index in [1.165, 1.54) is 45.3 Å². The minimum absolute atomic E-state index is 0.163. The number of methoxy groups -OCH3 is 3. The van der Waals surface area contributed by atoms with Gasteiger partial charge in [0.1, 0.15) is 12.4 Å². The molecule has 0 saturated heterocycles. The van der Waals surface area contributed by atoms with E-state index in [0.717, 1.165) is 5.56 Å². The molecular formula is C20H23FN2O5. The molecule has 1 N–H and O–H groups in total. The third kappa shape index (κ3) is 5.35. The minimum atomic E-state index is -0.397. The third-order valence-electron chi connectivity index (χ3n) is 4.01. The van der Waals surface area contributed by atoms with Crippen LogP contribution < -0.4 is 19.5 Å². The van der Waals surface area contributed by atoms with E-state index in [4.69, 9.17) is 14.2 Å². The molecule has 0 heterocycles. The average molecular weight is 390 g/mol. The van der Waals surface area contributed by atoms with Crippen LogP contribution in [0.25, 0.3) is 0 Å². The summed E-state index contributed by atoms with van der Waals surface area (Å²) in [6, 6.07) is 8.95. The van der Waals surface area contributed by atoms with Gasteiger partial charge in [0.25, 0.3) is 0 Å². The van der Waals surface area contributed by atoms with Gasteiger partial charge in [0.2, 0.25) is 17.6 Å². The van der Waals surface area contributed by atoms with Crippen molar-refractivity contribution in [3.63, 3.8) is 0 Å². The van der Waals surface area contributed by atoms with Crippen molar-refractivity contribution < 1.29 is 28.2 Å². The van der Waals surface area contributed by atoms with Crippen molar-refractivity contribution in [3.05, 3.63) is 47.8 Å². The maximum absolute atomic E-state index is 13.0. The summed E-state index contributed by atoms with van der Waals surface area (Å²) in [5.41, 5.74) is 1.15. The first-order chi connectivity index (χ1) is 13.4. The number of rotatable bonds is 8. The Morgan fingerprint density at radius 2 is 1.57 bits per heavy atom. The lowest BCUT2D eigenvalue weighted by atomic mass is 10.2. The van der Waals surface area contributed by atoms with E-state index in [-0.39, 0.29) is 24.8 Å². The topological polar surface area (TPSA) is 77.1 Å². The summed E-state index contributed by atoms with van der Waals surface area (Å²) in [4.78, 5) is 25.7. The van der Waals surface area contributed by atoms with E-state index in [0.29, 0.717) is 22.9 Å². The van der Waals surface area contributed by atoms with Crippen LogP contribution >= 0.6 is 0 Å². The molecule has 0 unspecified atom stereocenters. The normalized spacial score (nSPS) is 10.2. The number of anilines is 1. The van der Waals surface area contributed by atoms with Crippen LogP contribution in [0.15, 0.2) is 36.4 Å². The van der Waals surface area contributed by atoms with Crippen molar-refractivity contribution >= 4 is 17.5 Å². The van der Waals surface area contributed by atoms with Gasteiger partial charge in [-0.1, -0.05) is 12.1 Å². The molecule has 0 bridgehead atoms. The Kier molecular flexibility index (Phi) is 7.20. The largest absolute Gasteiger partial charge is 0.493 e. The van der Waals surface area contributed by atoms with Crippen molar-refractivity contribution in [1.82, 2.24) is 4.90 Å². The lowest BCUT2D eigenvalue weighted by molar-refractivity contribution is -0.133. The summed E-state index contributed by atoms with van der Waals surface area (Å²) in [5, 5.41) is 2.71. The molecule has 0 atom stereocenters. The number of carbonyl (C=O) groups is 2. The first kappa shape index (κ1) is 21.0. The standard InChI is InChI=1S/C20H23FN2O5/c1-13(24)23(11-14-5-7-15(21)8-6-14)12-19(25)22-16-9-17(26-2)20(28-4)18(10-16)27-3/h5-10H,11-12H2,1-4H3,(H,22,25). The Labute approximate surface area is 163 Å². The van der Waals surface area contributed by atoms with Crippen molar-refractivity contribution in [2.45, 2.75) is 13.5 Å². The summed E-state index contributed by atoms with van der Waals surface area (Å²) in [6.45, 7) is 1.40. The van der Waals surface area contributed by atoms with E-state index in [2.05, 4.69) is 5.32 Å². The molecule has 0 fully saturated rings. The van der Waals surface area contributed by atoms with Crippen LogP contribution in [0.2, 0.25) is 0 Å². The van der Waals surface area contributed by atoms with Crippen LogP contribution in [0, 0.1) is 5.82 Å². The van der Waals surface area contributed by atoms with Gasteiger partial charge in [-0.2, -0.15) is 0 Å². The first-order valence-electron chi connectivity index (χ1n) is 8.47. The van der Waals surface area contributed by atoms with Gasteiger partial charge in [0, 0.05) is 31.3 Å². The van der Waals surface area contributed by atoms with Gasteiger partial charge in [0.05, 0.1) is 21.3 Å². The van der Waals surface area contributed by atoms with Gasteiger partial charge in [-0.15, -0.1) is 0 Å². The molecule has 150 valence electrons. The van der Waals surface area contributed by atoms with Crippen LogP contribution in [-0.2, 0) is 16.1 Å². The fourth-order valence-corrected chi connectivity index (χ4v) is 2.62. The number of ether oxygens (including phenoxy) is 3. The van der Waals surface area contributed by atoms with Crippen LogP contribution in [0.5, 0.6) is 17.2 Å². The van der Waals surface area contributed by atoms with Gasteiger partial charge in [-0.25, -0.2) is 4.39 Å². The molecular weight excluding hydrogens is 367 g/mol. The summed E-state index contributed by atoms with van der Waals surface area (Å²) >= 11 is 0. The molecule has 2 rings (SSSR count). The smallest absolute Gasteiger partial charge is 0.244 e. The number of amides is 2. The predicted molar refractivity (Wildman–Crippen MR) is 102 cm³/mol. The van der Waals surface area contributed by atoms with Crippen LogP contribution in [0.4, 0.5) is 10.1 Å². The highest BCUT2D eigenvalue weighted by Gasteiger charge is 2.17. The Hall–Kier alpha value is -3.29. The second kappa shape index (κ2) is 9.59. The van der Waals surface area contributed by atoms with Gasteiger partial charge < -0.3 is 24.4 Å². The van der Waals surface area contributed by atoms with Crippen molar-refractivity contribution in [2.24, 2.45) is 0 Å². The van der Waals surface area contributed by atoms with Gasteiger partial charge in [-0.05, 0) is 17.7 Å². The molecule has 0 spiro atoms. The Bertz CT molecular complexity index is 814. The lowest BCUT2D eigenvalue weighted by Gasteiger charge is -2.21. The average Bonchev–Trinajstić information content (AvgIpc) is 2.68. The van der Waals surface area contributed by atoms with Crippen LogP contribution in [0.3, 0.4) is 0 Å². The van der Waals surface area contributed by atoms with Gasteiger partial charge in [-0.3, -0.25) is 9.59 Å². The fraction of sp³-hybridized carbons (Fsp3) is 0.300. The van der Waals surface area contributed by atoms with Gasteiger partial charge in [0.15, 0.2) is 11.5 Å². The van der Waals surface area contributed by atoms with Crippen LogP contribution in [-0.4, -0.2) is 44.6 Å². The molecule has 8 heteroatoms. The SMILES string of the molecule is COc1cc(NC(=O)CN(Cc2ccc(F)cc2)C(C)=O)cc(OC)c1OC. The van der Waals surface area contributed by atoms with E-state index in [9.17, 15) is 14.0 Å². The monoisotopic (exact) mass is 390 g/mol. The predicted octanol–water partition coefficient (Wildman–Crippen LogP) is 2.84. The Morgan fingerprint density at radius 3 is 2.04 bits per heavy atom. The highest BCUT2D eigenvalue weighted by atomic mass is 19.1. The molecule has 28 heavy (non-hydrogen) atoms. The minimum Gasteiger partial charge on any atom is -0.493 e. The number of hydrogen-bond acceptors (Lipinski definition) is 5. The zero-order chi connectivity index (χ0) is 20.7. The number of benzene rings is 2. The van der Waals surface area contributed by atoms with Crippen molar-refractivity contribution in [2.75, 3.05) is 33.2 Å².